The molecule has 4 N–H and O–H groups in total. The Balaban J connectivity index is 1.73. The summed E-state index contributed by atoms with van der Waals surface area (Å²) in [6, 6.07) is 1.41. The van der Waals surface area contributed by atoms with Gasteiger partial charge in [-0.2, -0.15) is 10.2 Å². The van der Waals surface area contributed by atoms with E-state index in [-0.39, 0.29) is 5.69 Å². The van der Waals surface area contributed by atoms with Crippen molar-refractivity contribution in [3.05, 3.63) is 23.8 Å². The van der Waals surface area contributed by atoms with E-state index >= 15 is 0 Å². The van der Waals surface area contributed by atoms with Crippen molar-refractivity contribution < 1.29 is 9.90 Å². The number of aromatic carboxylic acids is 1. The number of carbonyl (C=O) groups is 1. The summed E-state index contributed by atoms with van der Waals surface area (Å²) >= 11 is 0. The predicted molar refractivity (Wildman–Crippen MR) is 72.5 cm³/mol. The van der Waals surface area contributed by atoms with Crippen LogP contribution < -0.4 is 5.32 Å². The van der Waals surface area contributed by atoms with Crippen molar-refractivity contribution in [3.8, 4) is 0 Å². The van der Waals surface area contributed by atoms with Gasteiger partial charge in [-0.05, 0) is 12.8 Å². The first-order chi connectivity index (χ1) is 10.2. The fraction of sp³-hybridized carbons (Fsp3) is 0.250. The van der Waals surface area contributed by atoms with E-state index in [0.717, 1.165) is 24.2 Å². The van der Waals surface area contributed by atoms with Crippen LogP contribution in [-0.4, -0.2) is 41.4 Å². The van der Waals surface area contributed by atoms with Gasteiger partial charge < -0.3 is 10.4 Å². The number of hydrogen-bond acceptors (Lipinski definition) is 6. The first-order valence-electron chi connectivity index (χ1n) is 6.47. The molecule has 3 heterocycles. The molecule has 9 nitrogen and oxygen atoms in total. The van der Waals surface area contributed by atoms with Crippen molar-refractivity contribution in [2.45, 2.75) is 18.8 Å². The number of aromatic nitrogens is 6. The fourth-order valence-corrected chi connectivity index (χ4v) is 2.10. The van der Waals surface area contributed by atoms with Gasteiger partial charge in [0.1, 0.15) is 22.7 Å². The van der Waals surface area contributed by atoms with Gasteiger partial charge in [0.15, 0.2) is 11.5 Å². The third-order valence-electron chi connectivity index (χ3n) is 3.31. The van der Waals surface area contributed by atoms with Crippen molar-refractivity contribution in [2.75, 3.05) is 5.32 Å². The van der Waals surface area contributed by atoms with Gasteiger partial charge in [-0.15, -0.1) is 0 Å². The zero-order valence-electron chi connectivity index (χ0n) is 10.8. The van der Waals surface area contributed by atoms with Crippen LogP contribution in [0.15, 0.2) is 12.3 Å². The second-order valence-corrected chi connectivity index (χ2v) is 4.93. The van der Waals surface area contributed by atoms with Crippen LogP contribution in [0.4, 0.5) is 11.6 Å². The van der Waals surface area contributed by atoms with Crippen molar-refractivity contribution in [1.29, 1.82) is 0 Å². The summed E-state index contributed by atoms with van der Waals surface area (Å²) in [6.45, 7) is 0. The Labute approximate surface area is 117 Å². The molecule has 0 spiro atoms. The molecule has 106 valence electrons. The Kier molecular flexibility index (Phi) is 2.40. The first kappa shape index (κ1) is 11.8. The maximum absolute atomic E-state index is 10.8. The smallest absolute Gasteiger partial charge is 0.356 e. The lowest BCUT2D eigenvalue weighted by Gasteiger charge is -2.05. The number of rotatable bonds is 4. The predicted octanol–water partition coefficient (Wildman–Crippen LogP) is 1.40. The number of fused-ring (bicyclic) bond motifs is 1. The van der Waals surface area contributed by atoms with Gasteiger partial charge in [0.25, 0.3) is 0 Å². The minimum Gasteiger partial charge on any atom is -0.476 e. The molecule has 0 radical (unpaired) electrons. The van der Waals surface area contributed by atoms with E-state index in [0.29, 0.717) is 23.1 Å². The fourth-order valence-electron chi connectivity index (χ4n) is 2.10. The van der Waals surface area contributed by atoms with E-state index in [2.05, 4.69) is 35.7 Å². The van der Waals surface area contributed by atoms with Gasteiger partial charge in [-0.1, -0.05) is 0 Å². The monoisotopic (exact) mass is 285 g/mol. The van der Waals surface area contributed by atoms with E-state index in [1.807, 2.05) is 0 Å². The molecular formula is C12H11N7O2. The lowest BCUT2D eigenvalue weighted by atomic mass is 10.3. The summed E-state index contributed by atoms with van der Waals surface area (Å²) in [5, 5.41) is 25.0. The number of nitrogens with zero attached hydrogens (tertiary/aromatic N) is 4. The summed E-state index contributed by atoms with van der Waals surface area (Å²) in [5.41, 5.74) is 1.34. The molecule has 0 bridgehead atoms. The Morgan fingerprint density at radius 1 is 1.33 bits per heavy atom. The van der Waals surface area contributed by atoms with Gasteiger partial charge >= 0.3 is 5.97 Å². The highest BCUT2D eigenvalue weighted by molar-refractivity contribution is 5.88. The topological polar surface area (TPSA) is 132 Å². The standard InChI is InChI=1S/C12H11N7O2/c20-12(21)6-3-8(18-17-6)15-11-9-7(4-13-19-9)14-10(16-11)5-1-2-5/h3-5H,1-2H2,(H,13,19)(H,20,21)(H2,14,15,16,17,18). The second-order valence-electron chi connectivity index (χ2n) is 4.93. The molecule has 0 atom stereocenters. The molecule has 0 saturated heterocycles. The number of H-pyrrole nitrogens is 2. The Hall–Kier alpha value is -2.97. The SMILES string of the molecule is O=C(O)c1cc(Nc2nc(C3CC3)nc3cn[nH]c23)[nH]n1. The van der Waals surface area contributed by atoms with Crippen LogP contribution >= 0.6 is 0 Å². The van der Waals surface area contributed by atoms with Crippen LogP contribution in [0, 0.1) is 0 Å². The minimum absolute atomic E-state index is 0.0603. The van der Waals surface area contributed by atoms with Crippen LogP contribution in [0.1, 0.15) is 35.1 Å². The minimum atomic E-state index is -1.09. The molecule has 0 amide bonds. The zero-order chi connectivity index (χ0) is 14.4. The molecule has 4 rings (SSSR count). The molecule has 1 fully saturated rings. The highest BCUT2D eigenvalue weighted by atomic mass is 16.4. The third kappa shape index (κ3) is 2.08. The Morgan fingerprint density at radius 3 is 2.90 bits per heavy atom. The van der Waals surface area contributed by atoms with Crippen molar-refractivity contribution in [1.82, 2.24) is 30.4 Å². The maximum atomic E-state index is 10.8. The molecule has 21 heavy (non-hydrogen) atoms. The van der Waals surface area contributed by atoms with Crippen LogP contribution in [0.3, 0.4) is 0 Å². The summed E-state index contributed by atoms with van der Waals surface area (Å²) in [5.74, 6) is 1.10. The zero-order valence-corrected chi connectivity index (χ0v) is 10.8. The molecule has 0 unspecified atom stereocenters. The summed E-state index contributed by atoms with van der Waals surface area (Å²) in [7, 11) is 0. The molecule has 0 aromatic carbocycles. The molecule has 0 aliphatic heterocycles. The van der Waals surface area contributed by atoms with E-state index in [1.54, 1.807) is 6.20 Å². The van der Waals surface area contributed by atoms with Crippen LogP contribution in [0.2, 0.25) is 0 Å². The lowest BCUT2D eigenvalue weighted by Crippen LogP contribution is -2.00. The Bertz CT molecular complexity index is 833. The van der Waals surface area contributed by atoms with Crippen LogP contribution in [-0.2, 0) is 0 Å². The summed E-state index contributed by atoms with van der Waals surface area (Å²) < 4.78 is 0. The molecule has 1 aliphatic rings. The summed E-state index contributed by atoms with van der Waals surface area (Å²) in [4.78, 5) is 19.8. The molecule has 1 saturated carbocycles. The van der Waals surface area contributed by atoms with Gasteiger partial charge in [-0.3, -0.25) is 10.2 Å². The summed E-state index contributed by atoms with van der Waals surface area (Å²) in [6.07, 6.45) is 3.83. The van der Waals surface area contributed by atoms with Gasteiger partial charge in [-0.25, -0.2) is 14.8 Å². The van der Waals surface area contributed by atoms with Crippen LogP contribution in [0.5, 0.6) is 0 Å². The molecule has 3 aromatic heterocycles. The molecule has 1 aliphatic carbocycles. The number of carboxylic acids is 1. The number of anilines is 2. The van der Waals surface area contributed by atoms with E-state index in [4.69, 9.17) is 5.11 Å². The lowest BCUT2D eigenvalue weighted by molar-refractivity contribution is 0.0690. The van der Waals surface area contributed by atoms with Gasteiger partial charge in [0.2, 0.25) is 0 Å². The normalized spacial score (nSPS) is 14.5. The molecule has 9 heteroatoms. The Morgan fingerprint density at radius 2 is 2.19 bits per heavy atom. The second kappa shape index (κ2) is 4.27. The van der Waals surface area contributed by atoms with E-state index in [9.17, 15) is 4.79 Å². The van der Waals surface area contributed by atoms with Crippen molar-refractivity contribution in [2.24, 2.45) is 0 Å². The van der Waals surface area contributed by atoms with Crippen molar-refractivity contribution >= 4 is 28.6 Å². The average Bonchev–Trinajstić information content (AvgIpc) is 3.01. The van der Waals surface area contributed by atoms with Crippen molar-refractivity contribution in [3.63, 3.8) is 0 Å². The highest BCUT2D eigenvalue weighted by Crippen LogP contribution is 2.39. The molecular weight excluding hydrogens is 274 g/mol. The first-order valence-corrected chi connectivity index (χ1v) is 6.47. The van der Waals surface area contributed by atoms with Gasteiger partial charge in [0, 0.05) is 12.0 Å². The average molecular weight is 285 g/mol. The number of hydrogen-bond donors (Lipinski definition) is 4. The van der Waals surface area contributed by atoms with Gasteiger partial charge in [0.05, 0.1) is 6.20 Å². The third-order valence-corrected chi connectivity index (χ3v) is 3.31. The quantitative estimate of drug-likeness (QED) is 0.569. The largest absolute Gasteiger partial charge is 0.476 e. The molecule has 3 aromatic rings. The van der Waals surface area contributed by atoms with E-state index < -0.39 is 5.97 Å². The van der Waals surface area contributed by atoms with Crippen LogP contribution in [0.25, 0.3) is 11.0 Å². The number of nitrogens with one attached hydrogen (secondary N) is 3. The maximum Gasteiger partial charge on any atom is 0.356 e. The number of aromatic amines is 2. The highest BCUT2D eigenvalue weighted by Gasteiger charge is 2.28. The van der Waals surface area contributed by atoms with E-state index in [1.165, 1.54) is 6.07 Å². The number of carboxylic acid groups (broad SMARTS) is 1.